The van der Waals surface area contributed by atoms with E-state index in [1.807, 2.05) is 32.0 Å². The summed E-state index contributed by atoms with van der Waals surface area (Å²) in [4.78, 5) is 34.7. The molecule has 0 aliphatic carbocycles. The number of imidazole rings is 1. The van der Waals surface area contributed by atoms with Crippen molar-refractivity contribution in [2.24, 2.45) is 5.92 Å². The molecule has 0 saturated heterocycles. The van der Waals surface area contributed by atoms with Gasteiger partial charge in [0.15, 0.2) is 0 Å². The number of carbonyl (C=O) groups is 2. The van der Waals surface area contributed by atoms with E-state index in [1.54, 1.807) is 17.3 Å². The number of hydrogen-bond acceptors (Lipinski definition) is 4. The molecule has 1 aromatic heterocycles. The maximum Gasteiger partial charge on any atom is 0.328 e. The Morgan fingerprint density at radius 1 is 1.46 bits per heavy atom. The lowest BCUT2D eigenvalue weighted by atomic mass is 9.95. The fourth-order valence-corrected chi connectivity index (χ4v) is 3.72. The van der Waals surface area contributed by atoms with Crippen molar-refractivity contribution in [3.63, 3.8) is 0 Å². The van der Waals surface area contributed by atoms with E-state index in [-0.39, 0.29) is 18.0 Å². The molecule has 2 amide bonds. The SMILES string of the molecule is CCC(C)C(NC(=O)N1CCc2[nH]cnc2C1c1cccc(Cl)c1)C(=O)OC. The van der Waals surface area contributed by atoms with E-state index in [1.165, 1.54) is 7.11 Å². The third-order valence-electron chi connectivity index (χ3n) is 5.30. The number of rotatable bonds is 5. The van der Waals surface area contributed by atoms with E-state index in [9.17, 15) is 9.59 Å². The number of fused-ring (bicyclic) bond motifs is 1. The van der Waals surface area contributed by atoms with Gasteiger partial charge in [0.05, 0.1) is 19.1 Å². The van der Waals surface area contributed by atoms with Crippen molar-refractivity contribution in [3.8, 4) is 0 Å². The highest BCUT2D eigenvalue weighted by molar-refractivity contribution is 6.30. The number of H-pyrrole nitrogens is 1. The van der Waals surface area contributed by atoms with Crippen LogP contribution in [-0.2, 0) is 16.0 Å². The number of esters is 1. The second kappa shape index (κ2) is 8.65. The number of amides is 2. The third-order valence-corrected chi connectivity index (χ3v) is 5.53. The van der Waals surface area contributed by atoms with Gasteiger partial charge in [0.1, 0.15) is 12.1 Å². The van der Waals surface area contributed by atoms with E-state index in [2.05, 4.69) is 15.3 Å². The molecule has 2 aromatic rings. The van der Waals surface area contributed by atoms with Gasteiger partial charge in [-0.05, 0) is 23.6 Å². The lowest BCUT2D eigenvalue weighted by molar-refractivity contribution is -0.144. The quantitative estimate of drug-likeness (QED) is 0.748. The second-order valence-electron chi connectivity index (χ2n) is 7.00. The average molecular weight is 405 g/mol. The van der Waals surface area contributed by atoms with Crippen molar-refractivity contribution in [2.45, 2.75) is 38.8 Å². The smallest absolute Gasteiger partial charge is 0.328 e. The molecule has 0 saturated carbocycles. The van der Waals surface area contributed by atoms with Crippen molar-refractivity contribution < 1.29 is 14.3 Å². The summed E-state index contributed by atoms with van der Waals surface area (Å²) in [7, 11) is 1.33. The largest absolute Gasteiger partial charge is 0.467 e. The van der Waals surface area contributed by atoms with E-state index >= 15 is 0 Å². The minimum absolute atomic E-state index is 0.0493. The van der Waals surface area contributed by atoms with Gasteiger partial charge < -0.3 is 19.9 Å². The molecule has 3 rings (SSSR count). The molecular weight excluding hydrogens is 380 g/mol. The van der Waals surface area contributed by atoms with Crippen LogP contribution in [0.2, 0.25) is 5.02 Å². The Bertz CT molecular complexity index is 853. The van der Waals surface area contributed by atoms with E-state index in [0.717, 1.165) is 23.4 Å². The van der Waals surface area contributed by atoms with Gasteiger partial charge in [-0.1, -0.05) is 44.0 Å². The zero-order valence-corrected chi connectivity index (χ0v) is 17.0. The summed E-state index contributed by atoms with van der Waals surface area (Å²) in [6.07, 6.45) is 3.04. The Hall–Kier alpha value is -2.54. The summed E-state index contributed by atoms with van der Waals surface area (Å²) in [5, 5.41) is 3.46. The maximum atomic E-state index is 13.2. The van der Waals surface area contributed by atoms with Gasteiger partial charge in [-0.15, -0.1) is 0 Å². The number of aromatic nitrogens is 2. The molecule has 7 nitrogen and oxygen atoms in total. The molecule has 0 spiro atoms. The van der Waals surface area contributed by atoms with Gasteiger partial charge in [-0.3, -0.25) is 0 Å². The van der Waals surface area contributed by atoms with Gasteiger partial charge >= 0.3 is 12.0 Å². The Morgan fingerprint density at radius 2 is 2.25 bits per heavy atom. The average Bonchev–Trinajstić information content (AvgIpc) is 3.18. The van der Waals surface area contributed by atoms with E-state index in [0.29, 0.717) is 18.0 Å². The Labute approximate surface area is 169 Å². The number of benzene rings is 1. The van der Waals surface area contributed by atoms with Crippen LogP contribution in [0.15, 0.2) is 30.6 Å². The van der Waals surface area contributed by atoms with Crippen LogP contribution in [0.3, 0.4) is 0 Å². The number of halogens is 1. The van der Waals surface area contributed by atoms with Crippen molar-refractivity contribution in [1.82, 2.24) is 20.2 Å². The summed E-state index contributed by atoms with van der Waals surface area (Å²) in [5.74, 6) is -0.494. The molecule has 150 valence electrons. The Kier molecular flexibility index (Phi) is 6.24. The molecule has 0 fully saturated rings. The summed E-state index contributed by atoms with van der Waals surface area (Å²) in [5.41, 5.74) is 2.66. The normalized spacial score (nSPS) is 18.1. The molecule has 0 radical (unpaired) electrons. The number of ether oxygens (including phenoxy) is 1. The third kappa shape index (κ3) is 3.99. The summed E-state index contributed by atoms with van der Waals surface area (Å²) >= 11 is 6.19. The van der Waals surface area contributed by atoms with Gasteiger partial charge in [-0.25, -0.2) is 14.6 Å². The molecule has 8 heteroatoms. The van der Waals surface area contributed by atoms with E-state index in [4.69, 9.17) is 16.3 Å². The minimum Gasteiger partial charge on any atom is -0.467 e. The number of urea groups is 1. The Morgan fingerprint density at radius 3 is 2.93 bits per heavy atom. The van der Waals surface area contributed by atoms with Crippen molar-refractivity contribution in [3.05, 3.63) is 52.6 Å². The molecule has 1 aliphatic rings. The second-order valence-corrected chi connectivity index (χ2v) is 7.44. The van der Waals surface area contributed by atoms with Crippen LogP contribution >= 0.6 is 11.6 Å². The summed E-state index contributed by atoms with van der Waals surface area (Å²) in [6, 6.07) is 5.99. The van der Waals surface area contributed by atoms with Crippen LogP contribution in [0.1, 0.15) is 43.3 Å². The van der Waals surface area contributed by atoms with Crippen molar-refractivity contribution >= 4 is 23.6 Å². The predicted octanol–water partition coefficient (Wildman–Crippen LogP) is 3.31. The van der Waals surface area contributed by atoms with Gasteiger partial charge in [0, 0.05) is 23.7 Å². The first-order valence-electron chi connectivity index (χ1n) is 9.38. The zero-order chi connectivity index (χ0) is 20.3. The number of aromatic amines is 1. The Balaban J connectivity index is 1.92. The van der Waals surface area contributed by atoms with Gasteiger partial charge in [0.2, 0.25) is 0 Å². The number of carbonyl (C=O) groups excluding carboxylic acids is 2. The van der Waals surface area contributed by atoms with Crippen LogP contribution in [0.25, 0.3) is 0 Å². The van der Waals surface area contributed by atoms with Crippen molar-refractivity contribution in [2.75, 3.05) is 13.7 Å². The first-order valence-corrected chi connectivity index (χ1v) is 9.76. The summed E-state index contributed by atoms with van der Waals surface area (Å²) in [6.45, 7) is 4.38. The number of nitrogens with zero attached hydrogens (tertiary/aromatic N) is 2. The lowest BCUT2D eigenvalue weighted by Gasteiger charge is -2.36. The molecule has 1 aromatic carbocycles. The molecule has 2 N–H and O–H groups in total. The zero-order valence-electron chi connectivity index (χ0n) is 16.2. The maximum absolute atomic E-state index is 13.2. The molecule has 2 heterocycles. The van der Waals surface area contributed by atoms with Gasteiger partial charge in [-0.2, -0.15) is 0 Å². The molecular formula is C20H25ClN4O3. The van der Waals surface area contributed by atoms with Crippen LogP contribution in [0.4, 0.5) is 4.79 Å². The summed E-state index contributed by atoms with van der Waals surface area (Å²) < 4.78 is 4.89. The monoisotopic (exact) mass is 404 g/mol. The molecule has 3 unspecified atom stereocenters. The van der Waals surface area contributed by atoms with Crippen LogP contribution in [0.5, 0.6) is 0 Å². The number of methoxy groups -OCH3 is 1. The van der Waals surface area contributed by atoms with E-state index < -0.39 is 12.0 Å². The topological polar surface area (TPSA) is 87.3 Å². The minimum atomic E-state index is -0.705. The van der Waals surface area contributed by atoms with Crippen molar-refractivity contribution in [1.29, 1.82) is 0 Å². The molecule has 28 heavy (non-hydrogen) atoms. The fourth-order valence-electron chi connectivity index (χ4n) is 3.52. The van der Waals surface area contributed by atoms with Crippen LogP contribution in [0, 0.1) is 5.92 Å². The highest BCUT2D eigenvalue weighted by Gasteiger charge is 2.36. The fraction of sp³-hybridized carbons (Fsp3) is 0.450. The predicted molar refractivity (Wildman–Crippen MR) is 106 cm³/mol. The molecule has 3 atom stereocenters. The highest BCUT2D eigenvalue weighted by Crippen LogP contribution is 2.34. The highest BCUT2D eigenvalue weighted by atomic mass is 35.5. The lowest BCUT2D eigenvalue weighted by Crippen LogP contribution is -2.53. The molecule has 1 aliphatic heterocycles. The first-order chi connectivity index (χ1) is 13.5. The van der Waals surface area contributed by atoms with Crippen LogP contribution < -0.4 is 5.32 Å². The van der Waals surface area contributed by atoms with Gasteiger partial charge in [0.25, 0.3) is 0 Å². The molecule has 0 bridgehead atoms. The first kappa shape index (κ1) is 20.2. The van der Waals surface area contributed by atoms with Crippen LogP contribution in [-0.4, -0.2) is 46.6 Å². The number of hydrogen-bond donors (Lipinski definition) is 2. The standard InChI is InChI=1S/C20H25ClN4O3/c1-4-12(2)16(19(26)28-3)24-20(27)25-9-8-15-17(23-11-22-15)18(25)13-6-5-7-14(21)10-13/h5-7,10-12,16,18H,4,8-9H2,1-3H3,(H,22,23)(H,24,27). The number of nitrogens with one attached hydrogen (secondary N) is 2.